The zero-order valence-electron chi connectivity index (χ0n) is 18.0. The Hall–Kier alpha value is -1.30. The molecule has 0 amide bonds. The van der Waals surface area contributed by atoms with Gasteiger partial charge < -0.3 is 0 Å². The molecule has 0 aliphatic heterocycles. The second-order valence-corrected chi connectivity index (χ2v) is 7.75. The Morgan fingerprint density at radius 1 is 0.750 bits per heavy atom. The van der Waals surface area contributed by atoms with Crippen LogP contribution in [0.1, 0.15) is 69.3 Å². The van der Waals surface area contributed by atoms with E-state index in [1.54, 1.807) is 6.92 Å². The fraction of sp³-hybridized carbons (Fsp3) is 0.500. The number of benzene rings is 2. The monoisotopic (exact) mass is 272 g/mol. The van der Waals surface area contributed by atoms with Gasteiger partial charge in [0.2, 0.25) is 0 Å². The molecule has 108 valence electrons. The maximum absolute atomic E-state index is 8.87. The summed E-state index contributed by atoms with van der Waals surface area (Å²) >= 11 is 0. The van der Waals surface area contributed by atoms with Crippen LogP contribution in [0.25, 0.3) is 10.8 Å². The average molecular weight is 272 g/mol. The summed E-state index contributed by atoms with van der Waals surface area (Å²) in [6.07, 6.45) is 0. The third-order valence-corrected chi connectivity index (χ3v) is 3.69. The van der Waals surface area contributed by atoms with Crippen molar-refractivity contribution in [1.82, 2.24) is 0 Å². The molecule has 20 heavy (non-hydrogen) atoms. The van der Waals surface area contributed by atoms with Crippen molar-refractivity contribution in [2.45, 2.75) is 66.2 Å². The summed E-state index contributed by atoms with van der Waals surface area (Å²) in [5, 5.41) is 1.35. The normalized spacial score (nSPS) is 15.8. The van der Waals surface area contributed by atoms with E-state index in [-0.39, 0.29) is 22.9 Å². The van der Waals surface area contributed by atoms with Crippen LogP contribution in [-0.2, 0) is 10.8 Å². The van der Waals surface area contributed by atoms with Crippen molar-refractivity contribution in [3.63, 3.8) is 0 Å². The van der Waals surface area contributed by atoms with Gasteiger partial charge in [0.05, 0.1) is 5.48 Å². The first-order chi connectivity index (χ1) is 10.7. The summed E-state index contributed by atoms with van der Waals surface area (Å²) in [6, 6.07) is 1.01. The van der Waals surface area contributed by atoms with E-state index in [9.17, 15) is 0 Å². The van der Waals surface area contributed by atoms with Crippen LogP contribution < -0.4 is 0 Å². The van der Waals surface area contributed by atoms with E-state index in [1.807, 2.05) is 27.7 Å². The standard InChI is InChI=1S/C20H28/c1-13-9-10-15-16(11-13)14(2)17(19(3,4)5)12-18(15)20(6,7)8/h9-12H,1-8H3/i9D,10D,11D,12D. The van der Waals surface area contributed by atoms with Gasteiger partial charge in [0.15, 0.2) is 0 Å². The lowest BCUT2D eigenvalue weighted by Crippen LogP contribution is -2.18. The van der Waals surface area contributed by atoms with E-state index in [2.05, 4.69) is 20.8 Å². The largest absolute Gasteiger partial charge is 0.0632 e. The number of hydrogen-bond acceptors (Lipinski definition) is 0. The molecule has 0 saturated carbocycles. The summed E-state index contributed by atoms with van der Waals surface area (Å²) in [5.74, 6) is 0. The Kier molecular flexibility index (Phi) is 2.41. The lowest BCUT2D eigenvalue weighted by molar-refractivity contribution is 0.570. The minimum atomic E-state index is -0.340. The highest BCUT2D eigenvalue weighted by atomic mass is 14.3. The minimum Gasteiger partial charge on any atom is -0.0587 e. The third-order valence-electron chi connectivity index (χ3n) is 3.69. The van der Waals surface area contributed by atoms with Crippen LogP contribution in [0.4, 0.5) is 0 Å². The molecule has 0 saturated heterocycles. The van der Waals surface area contributed by atoms with Gasteiger partial charge in [0.1, 0.15) is 0 Å². The van der Waals surface area contributed by atoms with E-state index in [0.717, 1.165) is 22.1 Å². The maximum atomic E-state index is 8.87. The smallest absolute Gasteiger partial charge is 0.0587 e. The number of fused-ring (bicyclic) bond motifs is 1. The molecule has 0 unspecified atom stereocenters. The predicted molar refractivity (Wildman–Crippen MR) is 90.8 cm³/mol. The summed E-state index contributed by atoms with van der Waals surface area (Å²) in [6.45, 7) is 16.1. The Morgan fingerprint density at radius 3 is 1.80 bits per heavy atom. The van der Waals surface area contributed by atoms with Gasteiger partial charge >= 0.3 is 0 Å². The topological polar surface area (TPSA) is 0 Å². The molecule has 0 aliphatic rings. The van der Waals surface area contributed by atoms with Crippen LogP contribution >= 0.6 is 0 Å². The highest BCUT2D eigenvalue weighted by Crippen LogP contribution is 2.38. The zero-order valence-corrected chi connectivity index (χ0v) is 14.0. The molecule has 0 heterocycles. The lowest BCUT2D eigenvalue weighted by atomic mass is 9.75. The number of aryl methyl sites for hydroxylation is 1. The highest BCUT2D eigenvalue weighted by Gasteiger charge is 2.24. The second-order valence-electron chi connectivity index (χ2n) is 7.75. The summed E-state index contributed by atoms with van der Waals surface area (Å²) in [7, 11) is 0. The molecule has 0 aliphatic carbocycles. The van der Waals surface area contributed by atoms with Gasteiger partial charge in [0, 0.05) is 0 Å². The Labute approximate surface area is 129 Å². The van der Waals surface area contributed by atoms with Gasteiger partial charge in [-0.05, 0) is 52.1 Å². The molecule has 0 heteroatoms. The highest BCUT2D eigenvalue weighted by molar-refractivity contribution is 5.91. The van der Waals surface area contributed by atoms with Crippen molar-refractivity contribution < 1.29 is 5.48 Å². The van der Waals surface area contributed by atoms with E-state index in [4.69, 9.17) is 5.48 Å². The molecule has 2 aromatic rings. The maximum Gasteiger partial charge on any atom is 0.0632 e. The van der Waals surface area contributed by atoms with Crippen LogP contribution in [0.15, 0.2) is 24.2 Å². The van der Waals surface area contributed by atoms with E-state index >= 15 is 0 Å². The third kappa shape index (κ3) is 2.61. The van der Waals surface area contributed by atoms with Gasteiger partial charge in [-0.3, -0.25) is 0 Å². The summed E-state index contributed by atoms with van der Waals surface area (Å²) < 4.78 is 34.2. The first-order valence-electron chi connectivity index (χ1n) is 9.25. The fourth-order valence-corrected chi connectivity index (χ4v) is 2.69. The van der Waals surface area contributed by atoms with Crippen LogP contribution in [0.3, 0.4) is 0 Å². The van der Waals surface area contributed by atoms with Gasteiger partial charge in [-0.25, -0.2) is 0 Å². The molecule has 2 aromatic carbocycles. The van der Waals surface area contributed by atoms with Crippen molar-refractivity contribution in [2.75, 3.05) is 0 Å². The van der Waals surface area contributed by atoms with Crippen LogP contribution in [-0.4, -0.2) is 0 Å². The predicted octanol–water partition coefficient (Wildman–Crippen LogP) is 6.05. The Morgan fingerprint density at radius 2 is 1.30 bits per heavy atom. The minimum absolute atomic E-state index is 0.0975. The average Bonchev–Trinajstić information content (AvgIpc) is 2.39. The summed E-state index contributed by atoms with van der Waals surface area (Å²) in [5.41, 5.74) is 2.58. The van der Waals surface area contributed by atoms with E-state index in [0.29, 0.717) is 23.0 Å². The Balaban J connectivity index is 3.31. The molecule has 0 spiro atoms. The number of rotatable bonds is 0. The molecular weight excluding hydrogens is 240 g/mol. The van der Waals surface area contributed by atoms with Crippen LogP contribution in [0.2, 0.25) is 0 Å². The summed E-state index contributed by atoms with van der Waals surface area (Å²) in [4.78, 5) is 0. The number of hydrogen-bond donors (Lipinski definition) is 0. The molecule has 0 bridgehead atoms. The van der Waals surface area contributed by atoms with Crippen molar-refractivity contribution >= 4 is 10.8 Å². The molecule has 0 atom stereocenters. The SMILES string of the molecule is [2H]c1c(C)c([2H])c2c(C)c(C(C)(C)C)c([2H])c(C(C)(C)C)c2c1[2H]. The van der Waals surface area contributed by atoms with Crippen LogP contribution in [0.5, 0.6) is 0 Å². The van der Waals surface area contributed by atoms with Gasteiger partial charge in [-0.15, -0.1) is 0 Å². The molecule has 0 nitrogen and oxygen atoms in total. The first-order valence-corrected chi connectivity index (χ1v) is 7.25. The van der Waals surface area contributed by atoms with E-state index in [1.165, 1.54) is 0 Å². The van der Waals surface area contributed by atoms with Gasteiger partial charge in [-0.1, -0.05) is 71.3 Å². The second kappa shape index (κ2) is 4.62. The fourth-order valence-electron chi connectivity index (χ4n) is 2.69. The van der Waals surface area contributed by atoms with Crippen molar-refractivity contribution in [3.05, 3.63) is 46.4 Å². The Bertz CT molecular complexity index is 834. The van der Waals surface area contributed by atoms with Gasteiger partial charge in [-0.2, -0.15) is 0 Å². The molecule has 2 rings (SSSR count). The van der Waals surface area contributed by atoms with E-state index < -0.39 is 0 Å². The van der Waals surface area contributed by atoms with Crippen molar-refractivity contribution in [2.24, 2.45) is 0 Å². The molecule has 0 N–H and O–H groups in total. The molecule has 0 radical (unpaired) electrons. The molecular formula is C20H28. The molecule has 0 aromatic heterocycles. The van der Waals surface area contributed by atoms with Crippen molar-refractivity contribution in [3.8, 4) is 0 Å². The zero-order chi connectivity index (χ0) is 18.8. The quantitative estimate of drug-likeness (QED) is 0.547. The van der Waals surface area contributed by atoms with Crippen LogP contribution in [0, 0.1) is 13.8 Å². The first kappa shape index (κ1) is 10.4. The lowest BCUT2D eigenvalue weighted by Gasteiger charge is -2.29. The van der Waals surface area contributed by atoms with Gasteiger partial charge in [0.25, 0.3) is 0 Å². The van der Waals surface area contributed by atoms with Crippen molar-refractivity contribution in [1.29, 1.82) is 0 Å². The molecule has 0 fully saturated rings.